The van der Waals surface area contributed by atoms with Crippen molar-refractivity contribution in [2.24, 2.45) is 5.10 Å². The first-order chi connectivity index (χ1) is 14.0. The highest BCUT2D eigenvalue weighted by atomic mass is 35.5. The van der Waals surface area contributed by atoms with E-state index in [-0.39, 0.29) is 10.7 Å². The lowest BCUT2D eigenvalue weighted by atomic mass is 10.2. The highest BCUT2D eigenvalue weighted by molar-refractivity contribution is 7.92. The highest BCUT2D eigenvalue weighted by Crippen LogP contribution is 2.21. The van der Waals surface area contributed by atoms with Crippen molar-refractivity contribution in [2.45, 2.75) is 4.90 Å². The Bertz CT molecular complexity index is 1110. The average molecular weight is 429 g/mol. The van der Waals surface area contributed by atoms with Crippen LogP contribution in [0.25, 0.3) is 0 Å². The molecule has 7 nitrogen and oxygen atoms in total. The topological polar surface area (TPSA) is 91.7 Å². The van der Waals surface area contributed by atoms with Crippen LogP contribution in [-0.2, 0) is 14.8 Å². The van der Waals surface area contributed by atoms with Crippen molar-refractivity contribution in [1.29, 1.82) is 0 Å². The van der Waals surface area contributed by atoms with E-state index in [1.54, 1.807) is 54.6 Å². The van der Waals surface area contributed by atoms with Gasteiger partial charge in [0.2, 0.25) is 0 Å². The van der Waals surface area contributed by atoms with Crippen LogP contribution in [0.4, 0.5) is 5.82 Å². The lowest BCUT2D eigenvalue weighted by molar-refractivity contribution is -0.119. The molecule has 0 saturated heterocycles. The summed E-state index contributed by atoms with van der Waals surface area (Å²) in [6, 6.07) is 19.6. The highest BCUT2D eigenvalue weighted by Gasteiger charge is 2.27. The van der Waals surface area contributed by atoms with Crippen molar-refractivity contribution in [3.05, 3.63) is 89.6 Å². The molecule has 0 unspecified atom stereocenters. The second-order valence-electron chi connectivity index (χ2n) is 5.83. The molecule has 0 aliphatic carbocycles. The van der Waals surface area contributed by atoms with Gasteiger partial charge in [-0.05, 0) is 30.3 Å². The summed E-state index contributed by atoms with van der Waals surface area (Å²) in [7, 11) is -4.00. The van der Waals surface area contributed by atoms with Crippen molar-refractivity contribution >= 4 is 39.6 Å². The summed E-state index contributed by atoms with van der Waals surface area (Å²) in [4.78, 5) is 16.5. The third-order valence-electron chi connectivity index (χ3n) is 3.82. The molecule has 0 atom stereocenters. The molecule has 0 aliphatic rings. The van der Waals surface area contributed by atoms with Gasteiger partial charge in [-0.2, -0.15) is 5.10 Å². The predicted molar refractivity (Wildman–Crippen MR) is 112 cm³/mol. The van der Waals surface area contributed by atoms with Crippen LogP contribution in [0.5, 0.6) is 0 Å². The number of carbonyl (C=O) groups is 1. The second kappa shape index (κ2) is 9.31. The van der Waals surface area contributed by atoms with Gasteiger partial charge in [0.25, 0.3) is 15.9 Å². The first-order valence-electron chi connectivity index (χ1n) is 8.54. The predicted octanol–water partition coefficient (Wildman–Crippen LogP) is 3.08. The summed E-state index contributed by atoms with van der Waals surface area (Å²) in [5.74, 6) is -0.500. The minimum atomic E-state index is -4.00. The van der Waals surface area contributed by atoms with Gasteiger partial charge in [-0.15, -0.1) is 0 Å². The number of halogens is 1. The van der Waals surface area contributed by atoms with Crippen LogP contribution in [-0.4, -0.2) is 32.1 Å². The number of amides is 1. The number of aromatic nitrogens is 1. The van der Waals surface area contributed by atoms with Gasteiger partial charge in [0.1, 0.15) is 12.4 Å². The molecule has 1 amide bonds. The van der Waals surface area contributed by atoms with Crippen LogP contribution >= 0.6 is 11.6 Å². The minimum Gasteiger partial charge on any atom is -0.271 e. The van der Waals surface area contributed by atoms with Gasteiger partial charge in [-0.25, -0.2) is 23.1 Å². The molecule has 2 aromatic carbocycles. The van der Waals surface area contributed by atoms with E-state index in [1.807, 2.05) is 0 Å². The van der Waals surface area contributed by atoms with Crippen molar-refractivity contribution in [2.75, 3.05) is 10.8 Å². The number of nitrogens with zero attached hydrogens (tertiary/aromatic N) is 3. The Morgan fingerprint density at radius 3 is 2.41 bits per heavy atom. The molecule has 1 heterocycles. The van der Waals surface area contributed by atoms with Gasteiger partial charge in [0.05, 0.1) is 11.1 Å². The van der Waals surface area contributed by atoms with Crippen LogP contribution in [0.1, 0.15) is 5.56 Å². The third kappa shape index (κ3) is 5.18. The number of nitrogens with one attached hydrogen (secondary N) is 1. The van der Waals surface area contributed by atoms with Crippen molar-refractivity contribution in [3.8, 4) is 0 Å². The average Bonchev–Trinajstić information content (AvgIpc) is 2.74. The number of rotatable bonds is 7. The van der Waals surface area contributed by atoms with E-state index >= 15 is 0 Å². The molecule has 3 aromatic rings. The third-order valence-corrected chi connectivity index (χ3v) is 5.93. The maximum absolute atomic E-state index is 13.1. The van der Waals surface area contributed by atoms with E-state index in [2.05, 4.69) is 15.5 Å². The number of benzene rings is 2. The SMILES string of the molecule is O=C(CN(c1ccccn1)S(=O)(=O)c1ccccc1)N/N=C\c1ccccc1Cl. The fourth-order valence-electron chi connectivity index (χ4n) is 2.43. The zero-order valence-electron chi connectivity index (χ0n) is 15.1. The fraction of sp³-hybridized carbons (Fsp3) is 0.0500. The smallest absolute Gasteiger partial charge is 0.265 e. The second-order valence-corrected chi connectivity index (χ2v) is 8.10. The Labute approximate surface area is 173 Å². The summed E-state index contributed by atoms with van der Waals surface area (Å²) in [6.07, 6.45) is 2.84. The molecule has 3 rings (SSSR count). The molecule has 148 valence electrons. The Hall–Kier alpha value is -3.23. The van der Waals surface area contributed by atoms with Crippen molar-refractivity contribution in [1.82, 2.24) is 10.4 Å². The van der Waals surface area contributed by atoms with E-state index in [0.717, 1.165) is 4.31 Å². The summed E-state index contributed by atoms with van der Waals surface area (Å²) in [6.45, 7) is -0.492. The summed E-state index contributed by atoms with van der Waals surface area (Å²) in [5.41, 5.74) is 2.94. The first-order valence-corrected chi connectivity index (χ1v) is 10.4. The minimum absolute atomic E-state index is 0.0537. The number of carbonyl (C=O) groups excluding carboxylic acids is 1. The molecule has 0 saturated carbocycles. The standard InChI is InChI=1S/C20H17ClN4O3S/c21-18-11-5-4-8-16(18)14-23-24-20(26)15-25(19-12-6-7-13-22-19)29(27,28)17-9-2-1-3-10-17/h1-14H,15H2,(H,24,26)/b23-14-. The number of anilines is 1. The van der Waals surface area contributed by atoms with Crippen LogP contribution in [0.2, 0.25) is 5.02 Å². The Balaban J connectivity index is 1.81. The van der Waals surface area contributed by atoms with E-state index in [9.17, 15) is 13.2 Å². The number of pyridine rings is 1. The van der Waals surface area contributed by atoms with Gasteiger partial charge in [-0.3, -0.25) is 4.79 Å². The maximum atomic E-state index is 13.1. The Kier molecular flexibility index (Phi) is 6.58. The molecular weight excluding hydrogens is 412 g/mol. The maximum Gasteiger partial charge on any atom is 0.265 e. The molecule has 29 heavy (non-hydrogen) atoms. The van der Waals surface area contributed by atoms with Gasteiger partial charge < -0.3 is 0 Å². The zero-order chi connectivity index (χ0) is 20.7. The van der Waals surface area contributed by atoms with Crippen LogP contribution in [0.3, 0.4) is 0 Å². The van der Waals surface area contributed by atoms with Gasteiger partial charge in [-0.1, -0.05) is 54.1 Å². The monoisotopic (exact) mass is 428 g/mol. The first kappa shape index (κ1) is 20.5. The normalized spacial score (nSPS) is 11.3. The van der Waals surface area contributed by atoms with Gasteiger partial charge in [0.15, 0.2) is 0 Å². The molecule has 9 heteroatoms. The van der Waals surface area contributed by atoms with Crippen LogP contribution in [0, 0.1) is 0 Å². The molecular formula is C20H17ClN4O3S. The summed E-state index contributed by atoms with van der Waals surface area (Å²) >= 11 is 6.03. The molecule has 1 N–H and O–H groups in total. The zero-order valence-corrected chi connectivity index (χ0v) is 16.7. The Morgan fingerprint density at radius 1 is 1.03 bits per heavy atom. The number of sulfonamides is 1. The molecule has 0 spiro atoms. The molecule has 1 aromatic heterocycles. The lowest BCUT2D eigenvalue weighted by Gasteiger charge is -2.22. The van der Waals surface area contributed by atoms with E-state index in [1.165, 1.54) is 30.6 Å². The lowest BCUT2D eigenvalue weighted by Crippen LogP contribution is -2.40. The Morgan fingerprint density at radius 2 is 1.72 bits per heavy atom. The summed E-state index contributed by atoms with van der Waals surface area (Å²) < 4.78 is 27.0. The molecule has 0 aliphatic heterocycles. The van der Waals surface area contributed by atoms with E-state index in [4.69, 9.17) is 11.6 Å². The largest absolute Gasteiger partial charge is 0.271 e. The van der Waals surface area contributed by atoms with Crippen LogP contribution in [0.15, 0.2) is 89.0 Å². The molecule has 0 bridgehead atoms. The van der Waals surface area contributed by atoms with Gasteiger partial charge >= 0.3 is 0 Å². The quantitative estimate of drug-likeness (QED) is 0.462. The number of hydrogen-bond donors (Lipinski definition) is 1. The fourth-order valence-corrected chi connectivity index (χ4v) is 4.01. The van der Waals surface area contributed by atoms with Gasteiger partial charge in [0, 0.05) is 16.8 Å². The molecule has 0 fully saturated rings. The molecule has 0 radical (unpaired) electrons. The number of hydrazone groups is 1. The summed E-state index contributed by atoms with van der Waals surface area (Å²) in [5, 5.41) is 4.33. The van der Waals surface area contributed by atoms with E-state index in [0.29, 0.717) is 10.6 Å². The number of hydrogen-bond acceptors (Lipinski definition) is 5. The van der Waals surface area contributed by atoms with Crippen molar-refractivity contribution < 1.29 is 13.2 Å². The van der Waals surface area contributed by atoms with E-state index < -0.39 is 22.5 Å². The van der Waals surface area contributed by atoms with Crippen LogP contribution < -0.4 is 9.73 Å². The van der Waals surface area contributed by atoms with Crippen molar-refractivity contribution in [3.63, 3.8) is 0 Å².